The van der Waals surface area contributed by atoms with E-state index >= 15 is 0 Å². The predicted octanol–water partition coefficient (Wildman–Crippen LogP) is 0.857. The van der Waals surface area contributed by atoms with Crippen molar-refractivity contribution in [1.29, 1.82) is 0 Å². The predicted molar refractivity (Wildman–Crippen MR) is 46.2 cm³/mol. The monoisotopic (exact) mass is 158 g/mol. The fourth-order valence-electron chi connectivity index (χ4n) is 0.933. The maximum absolute atomic E-state index is 9.44. The third-order valence-corrected chi connectivity index (χ3v) is 1.28. The van der Waals surface area contributed by atoms with Crippen molar-refractivity contribution in [3.05, 3.63) is 0 Å². The summed E-state index contributed by atoms with van der Waals surface area (Å²) in [6, 6.07) is 1.32. The Morgan fingerprint density at radius 3 is 1.55 bits per heavy atom. The molecule has 1 aliphatic heterocycles. The van der Waals surface area contributed by atoms with Crippen LogP contribution in [0.3, 0.4) is 0 Å². The molecule has 2 atom stereocenters. The number of carbonyl (C=O) groups is 1. The van der Waals surface area contributed by atoms with Gasteiger partial charge in [0.2, 0.25) is 0 Å². The zero-order valence-electron chi connectivity index (χ0n) is 7.77. The summed E-state index contributed by atoms with van der Waals surface area (Å²) >= 11 is 0. The quantitative estimate of drug-likeness (QED) is 0.549. The Hall–Kier alpha value is -0.410. The lowest BCUT2D eigenvalue weighted by atomic mass is 10.2. The molecular formula is C8H18N2O. The van der Waals surface area contributed by atoms with Crippen LogP contribution in [0.5, 0.6) is 0 Å². The molecule has 2 unspecified atom stereocenters. The highest BCUT2D eigenvalue weighted by Crippen LogP contribution is 2.00. The smallest absolute Gasteiger partial charge is 0.126 e. The van der Waals surface area contributed by atoms with E-state index in [1.54, 1.807) is 0 Å². The van der Waals surface area contributed by atoms with Gasteiger partial charge in [0.25, 0.3) is 0 Å². The van der Waals surface area contributed by atoms with Crippen LogP contribution in [-0.2, 0) is 4.79 Å². The van der Waals surface area contributed by atoms with Crippen molar-refractivity contribution < 1.29 is 4.79 Å². The van der Waals surface area contributed by atoms with Crippen LogP contribution in [0, 0.1) is 0 Å². The van der Waals surface area contributed by atoms with E-state index in [1.165, 1.54) is 20.3 Å². The maximum Gasteiger partial charge on any atom is 0.126 e. The van der Waals surface area contributed by atoms with Crippen molar-refractivity contribution in [2.24, 2.45) is 0 Å². The molecule has 0 aromatic rings. The van der Waals surface area contributed by atoms with Gasteiger partial charge in [-0.05, 0) is 34.1 Å². The SMILES string of the molecule is CC(C)=O.CC1CC(C)NN1. The second-order valence-corrected chi connectivity index (χ2v) is 3.23. The molecule has 0 amide bonds. The number of Topliss-reactive ketones (excluding diaryl/α,β-unsaturated/α-hetero) is 1. The standard InChI is InChI=1S/C5H12N2.C3H6O/c1-4-3-5(2)7-6-4;1-3(2)4/h4-7H,3H2,1-2H3;1-2H3. The number of ketones is 1. The Balaban J connectivity index is 0.000000218. The Morgan fingerprint density at radius 1 is 1.18 bits per heavy atom. The summed E-state index contributed by atoms with van der Waals surface area (Å²) in [5.41, 5.74) is 6.24. The Labute approximate surface area is 68.5 Å². The van der Waals surface area contributed by atoms with Gasteiger partial charge in [-0.3, -0.25) is 10.9 Å². The molecule has 3 nitrogen and oxygen atoms in total. The van der Waals surface area contributed by atoms with Gasteiger partial charge in [-0.15, -0.1) is 0 Å². The molecular weight excluding hydrogens is 140 g/mol. The molecule has 2 N–H and O–H groups in total. The molecule has 0 aromatic carbocycles. The average Bonchev–Trinajstić information content (AvgIpc) is 2.13. The van der Waals surface area contributed by atoms with Crippen molar-refractivity contribution in [2.75, 3.05) is 0 Å². The molecule has 3 heteroatoms. The van der Waals surface area contributed by atoms with Crippen LogP contribution in [0.4, 0.5) is 0 Å². The molecule has 0 aromatic heterocycles. The minimum atomic E-state index is 0.167. The highest BCUT2D eigenvalue weighted by Gasteiger charge is 2.13. The molecule has 1 aliphatic rings. The zero-order chi connectivity index (χ0) is 8.85. The Kier molecular flexibility index (Phi) is 5.07. The summed E-state index contributed by atoms with van der Waals surface area (Å²) in [5, 5.41) is 0. The van der Waals surface area contributed by atoms with Crippen LogP contribution in [-0.4, -0.2) is 17.9 Å². The van der Waals surface area contributed by atoms with Crippen LogP contribution in [0.15, 0.2) is 0 Å². The molecule has 0 bridgehead atoms. The van der Waals surface area contributed by atoms with E-state index in [2.05, 4.69) is 24.7 Å². The molecule has 66 valence electrons. The lowest BCUT2D eigenvalue weighted by molar-refractivity contribution is -0.114. The third-order valence-electron chi connectivity index (χ3n) is 1.28. The van der Waals surface area contributed by atoms with Crippen LogP contribution in [0.25, 0.3) is 0 Å². The highest BCUT2D eigenvalue weighted by atomic mass is 16.1. The topological polar surface area (TPSA) is 41.1 Å². The van der Waals surface area contributed by atoms with E-state index in [0.717, 1.165) is 0 Å². The molecule has 1 rings (SSSR count). The van der Waals surface area contributed by atoms with E-state index in [0.29, 0.717) is 12.1 Å². The highest BCUT2D eigenvalue weighted by molar-refractivity contribution is 5.72. The Bertz CT molecular complexity index is 113. The van der Waals surface area contributed by atoms with E-state index < -0.39 is 0 Å². The first-order valence-corrected chi connectivity index (χ1v) is 4.00. The van der Waals surface area contributed by atoms with Gasteiger partial charge >= 0.3 is 0 Å². The molecule has 0 spiro atoms. The number of hydrogen-bond acceptors (Lipinski definition) is 3. The largest absolute Gasteiger partial charge is 0.300 e. The van der Waals surface area contributed by atoms with Gasteiger partial charge < -0.3 is 4.79 Å². The second kappa shape index (κ2) is 5.27. The fraction of sp³-hybridized carbons (Fsp3) is 0.875. The van der Waals surface area contributed by atoms with Gasteiger partial charge in [-0.25, -0.2) is 0 Å². The third kappa shape index (κ3) is 7.49. The summed E-state index contributed by atoms with van der Waals surface area (Å²) in [4.78, 5) is 9.44. The molecule has 11 heavy (non-hydrogen) atoms. The van der Waals surface area contributed by atoms with Crippen molar-refractivity contribution in [3.8, 4) is 0 Å². The van der Waals surface area contributed by atoms with E-state index in [1.807, 2.05) is 0 Å². The summed E-state index contributed by atoms with van der Waals surface area (Å²) in [7, 11) is 0. The van der Waals surface area contributed by atoms with Gasteiger partial charge in [0.1, 0.15) is 5.78 Å². The number of rotatable bonds is 0. The molecule has 0 saturated carbocycles. The Morgan fingerprint density at radius 2 is 1.45 bits per heavy atom. The average molecular weight is 158 g/mol. The van der Waals surface area contributed by atoms with E-state index in [-0.39, 0.29) is 5.78 Å². The first kappa shape index (κ1) is 10.6. The number of hydrazine groups is 1. The van der Waals surface area contributed by atoms with Crippen LogP contribution in [0.2, 0.25) is 0 Å². The van der Waals surface area contributed by atoms with Crippen molar-refractivity contribution in [2.45, 2.75) is 46.2 Å². The molecule has 0 aliphatic carbocycles. The fourth-order valence-corrected chi connectivity index (χ4v) is 0.933. The number of hydrogen-bond donors (Lipinski definition) is 2. The van der Waals surface area contributed by atoms with Crippen LogP contribution in [0.1, 0.15) is 34.1 Å². The normalized spacial score (nSPS) is 29.1. The lowest BCUT2D eigenvalue weighted by Gasteiger charge is -1.95. The minimum absolute atomic E-state index is 0.167. The summed E-state index contributed by atoms with van der Waals surface area (Å²) in [6.45, 7) is 7.41. The van der Waals surface area contributed by atoms with Gasteiger partial charge in [0.15, 0.2) is 0 Å². The minimum Gasteiger partial charge on any atom is -0.300 e. The van der Waals surface area contributed by atoms with Crippen molar-refractivity contribution >= 4 is 5.78 Å². The number of nitrogens with one attached hydrogen (secondary N) is 2. The van der Waals surface area contributed by atoms with E-state index in [4.69, 9.17) is 0 Å². The first-order valence-electron chi connectivity index (χ1n) is 4.00. The lowest BCUT2D eigenvalue weighted by Crippen LogP contribution is -2.30. The van der Waals surface area contributed by atoms with Gasteiger partial charge in [-0.1, -0.05) is 0 Å². The van der Waals surface area contributed by atoms with Gasteiger partial charge in [-0.2, -0.15) is 0 Å². The van der Waals surface area contributed by atoms with Gasteiger partial charge in [0, 0.05) is 12.1 Å². The van der Waals surface area contributed by atoms with Crippen LogP contribution < -0.4 is 10.9 Å². The van der Waals surface area contributed by atoms with Gasteiger partial charge in [0.05, 0.1) is 0 Å². The van der Waals surface area contributed by atoms with E-state index in [9.17, 15) is 4.79 Å². The molecule has 0 radical (unpaired) electrons. The second-order valence-electron chi connectivity index (χ2n) is 3.23. The summed E-state index contributed by atoms with van der Waals surface area (Å²) in [5.74, 6) is 0.167. The zero-order valence-corrected chi connectivity index (χ0v) is 7.77. The molecule has 1 heterocycles. The van der Waals surface area contributed by atoms with Crippen LogP contribution >= 0.6 is 0 Å². The molecule has 1 fully saturated rings. The number of carbonyl (C=O) groups excluding carboxylic acids is 1. The van der Waals surface area contributed by atoms with Crippen molar-refractivity contribution in [1.82, 2.24) is 10.9 Å². The molecule has 1 saturated heterocycles. The van der Waals surface area contributed by atoms with Crippen molar-refractivity contribution in [3.63, 3.8) is 0 Å². The summed E-state index contributed by atoms with van der Waals surface area (Å²) in [6.07, 6.45) is 1.25. The summed E-state index contributed by atoms with van der Waals surface area (Å²) < 4.78 is 0. The maximum atomic E-state index is 9.44. The first-order chi connectivity index (χ1) is 5.02.